The van der Waals surface area contributed by atoms with Crippen molar-refractivity contribution in [3.05, 3.63) is 29.8 Å². The molecule has 2 unspecified atom stereocenters. The lowest BCUT2D eigenvalue weighted by Crippen LogP contribution is -2.06. The van der Waals surface area contributed by atoms with Gasteiger partial charge in [0.05, 0.1) is 17.6 Å². The van der Waals surface area contributed by atoms with Gasteiger partial charge in [-0.1, -0.05) is 12.1 Å². The van der Waals surface area contributed by atoms with E-state index in [0.29, 0.717) is 5.75 Å². The molecule has 5 heteroatoms. The normalized spacial score (nSPS) is 24.7. The summed E-state index contributed by atoms with van der Waals surface area (Å²) < 4.78 is 22.7. The van der Waals surface area contributed by atoms with Crippen molar-refractivity contribution in [3.63, 3.8) is 0 Å². The van der Waals surface area contributed by atoms with Crippen molar-refractivity contribution in [3.8, 4) is 0 Å². The van der Waals surface area contributed by atoms with Crippen LogP contribution in [0.15, 0.2) is 29.2 Å². The smallest absolute Gasteiger partial charge is 0.151 e. The van der Waals surface area contributed by atoms with Gasteiger partial charge >= 0.3 is 0 Å². The van der Waals surface area contributed by atoms with E-state index in [-0.39, 0.29) is 11.0 Å². The van der Waals surface area contributed by atoms with Gasteiger partial charge in [0.1, 0.15) is 0 Å². The summed E-state index contributed by atoms with van der Waals surface area (Å²) in [6, 6.07) is 7.66. The SMILES string of the molecule is CC(O)c1cccc(SC2CCS(=O)(=O)C2)c1. The molecule has 1 aliphatic rings. The molecule has 1 aromatic rings. The lowest BCUT2D eigenvalue weighted by Gasteiger charge is -2.10. The van der Waals surface area contributed by atoms with Crippen molar-refractivity contribution in [1.82, 2.24) is 0 Å². The van der Waals surface area contributed by atoms with Gasteiger partial charge in [0, 0.05) is 10.1 Å². The van der Waals surface area contributed by atoms with E-state index in [1.54, 1.807) is 18.7 Å². The zero-order valence-corrected chi connectivity index (χ0v) is 11.3. The van der Waals surface area contributed by atoms with Gasteiger partial charge in [-0.15, -0.1) is 11.8 Å². The number of aliphatic hydroxyl groups excluding tert-OH is 1. The van der Waals surface area contributed by atoms with Gasteiger partial charge in [0.25, 0.3) is 0 Å². The van der Waals surface area contributed by atoms with Crippen LogP contribution in [-0.2, 0) is 9.84 Å². The fourth-order valence-electron chi connectivity index (χ4n) is 1.89. The summed E-state index contributed by atoms with van der Waals surface area (Å²) in [5, 5.41) is 9.64. The third-order valence-electron chi connectivity index (χ3n) is 2.83. The van der Waals surface area contributed by atoms with Gasteiger partial charge in [0.15, 0.2) is 9.84 Å². The Balaban J connectivity index is 2.07. The first kappa shape index (κ1) is 12.9. The second-order valence-corrected chi connectivity index (χ2v) is 7.99. The molecule has 2 rings (SSSR count). The molecule has 1 heterocycles. The maximum atomic E-state index is 11.4. The average molecular weight is 272 g/mol. The topological polar surface area (TPSA) is 54.4 Å². The first-order valence-corrected chi connectivity index (χ1v) is 8.31. The minimum absolute atomic E-state index is 0.157. The Bertz CT molecular complexity index is 494. The molecule has 1 N–H and O–H groups in total. The van der Waals surface area contributed by atoms with E-state index in [4.69, 9.17) is 0 Å². The van der Waals surface area contributed by atoms with Crippen LogP contribution in [-0.4, -0.2) is 30.3 Å². The summed E-state index contributed by atoms with van der Waals surface area (Å²) in [7, 11) is -2.81. The Kier molecular flexibility index (Phi) is 3.80. The van der Waals surface area contributed by atoms with E-state index in [1.807, 2.05) is 24.3 Å². The number of hydrogen-bond donors (Lipinski definition) is 1. The highest BCUT2D eigenvalue weighted by molar-refractivity contribution is 8.01. The number of hydrogen-bond acceptors (Lipinski definition) is 4. The number of thioether (sulfide) groups is 1. The predicted octanol–water partition coefficient (Wildman–Crippen LogP) is 2.02. The molecule has 1 fully saturated rings. The van der Waals surface area contributed by atoms with Crippen LogP contribution in [0.5, 0.6) is 0 Å². The van der Waals surface area contributed by atoms with Crippen molar-refractivity contribution in [2.24, 2.45) is 0 Å². The second-order valence-electron chi connectivity index (χ2n) is 4.39. The summed E-state index contributed by atoms with van der Waals surface area (Å²) in [5.74, 6) is 0.581. The van der Waals surface area contributed by atoms with Gasteiger partial charge in [-0.2, -0.15) is 0 Å². The summed E-state index contributed by atoms with van der Waals surface area (Å²) in [6.45, 7) is 1.73. The third-order valence-corrected chi connectivity index (χ3v) is 6.07. The largest absolute Gasteiger partial charge is 0.389 e. The molecule has 1 aromatic carbocycles. The van der Waals surface area contributed by atoms with E-state index in [1.165, 1.54) is 0 Å². The van der Waals surface area contributed by atoms with Crippen molar-refractivity contribution >= 4 is 21.6 Å². The summed E-state index contributed by atoms with van der Waals surface area (Å²) in [4.78, 5) is 1.03. The number of aliphatic hydroxyl groups is 1. The maximum Gasteiger partial charge on any atom is 0.151 e. The van der Waals surface area contributed by atoms with E-state index >= 15 is 0 Å². The highest BCUT2D eigenvalue weighted by atomic mass is 32.2. The molecular weight excluding hydrogens is 256 g/mol. The minimum Gasteiger partial charge on any atom is -0.389 e. The van der Waals surface area contributed by atoms with Crippen molar-refractivity contribution in [2.75, 3.05) is 11.5 Å². The molecule has 2 atom stereocenters. The van der Waals surface area contributed by atoms with Crippen LogP contribution in [0.4, 0.5) is 0 Å². The number of benzene rings is 1. The average Bonchev–Trinajstić information content (AvgIpc) is 2.58. The van der Waals surface area contributed by atoms with Crippen LogP contribution in [0, 0.1) is 0 Å². The van der Waals surface area contributed by atoms with Crippen molar-refractivity contribution < 1.29 is 13.5 Å². The number of rotatable bonds is 3. The molecule has 0 spiro atoms. The second kappa shape index (κ2) is 5.00. The van der Waals surface area contributed by atoms with Gasteiger partial charge < -0.3 is 5.11 Å². The zero-order chi connectivity index (χ0) is 12.5. The van der Waals surface area contributed by atoms with Crippen molar-refractivity contribution in [2.45, 2.75) is 29.6 Å². The van der Waals surface area contributed by atoms with Crippen LogP contribution in [0.1, 0.15) is 25.0 Å². The quantitative estimate of drug-likeness (QED) is 0.914. The zero-order valence-electron chi connectivity index (χ0n) is 9.67. The summed E-state index contributed by atoms with van der Waals surface area (Å²) >= 11 is 1.59. The van der Waals surface area contributed by atoms with Crippen LogP contribution in [0.3, 0.4) is 0 Å². The molecule has 1 aliphatic heterocycles. The Morgan fingerprint density at radius 2 is 2.24 bits per heavy atom. The Morgan fingerprint density at radius 1 is 1.47 bits per heavy atom. The Hall–Kier alpha value is -0.520. The third kappa shape index (κ3) is 3.47. The highest BCUT2D eigenvalue weighted by Crippen LogP contribution is 2.32. The molecule has 1 saturated heterocycles. The lowest BCUT2D eigenvalue weighted by atomic mass is 10.1. The molecular formula is C12H16O3S2. The number of sulfone groups is 1. The molecule has 94 valence electrons. The van der Waals surface area contributed by atoms with E-state index in [2.05, 4.69) is 0 Å². The van der Waals surface area contributed by atoms with E-state index < -0.39 is 15.9 Å². The highest BCUT2D eigenvalue weighted by Gasteiger charge is 2.28. The van der Waals surface area contributed by atoms with Gasteiger partial charge in [0.2, 0.25) is 0 Å². The molecule has 3 nitrogen and oxygen atoms in total. The maximum absolute atomic E-state index is 11.4. The molecule has 0 bridgehead atoms. The van der Waals surface area contributed by atoms with Crippen LogP contribution < -0.4 is 0 Å². The molecule has 0 radical (unpaired) electrons. The molecule has 0 saturated carbocycles. The van der Waals surface area contributed by atoms with Gasteiger partial charge in [-0.25, -0.2) is 8.42 Å². The molecule has 0 aliphatic carbocycles. The minimum atomic E-state index is -2.81. The first-order chi connectivity index (χ1) is 7.96. The standard InChI is InChI=1S/C12H16O3S2/c1-9(13)10-3-2-4-11(7-10)16-12-5-6-17(14,15)8-12/h2-4,7,9,12-13H,5-6,8H2,1H3. The van der Waals surface area contributed by atoms with E-state index in [9.17, 15) is 13.5 Å². The lowest BCUT2D eigenvalue weighted by molar-refractivity contribution is 0.199. The molecule has 0 aromatic heterocycles. The Morgan fingerprint density at radius 3 is 2.82 bits per heavy atom. The van der Waals surface area contributed by atoms with Gasteiger partial charge in [-0.05, 0) is 31.0 Å². The fraction of sp³-hybridized carbons (Fsp3) is 0.500. The molecule has 0 amide bonds. The summed E-state index contributed by atoms with van der Waals surface area (Å²) in [5.41, 5.74) is 0.871. The van der Waals surface area contributed by atoms with Crippen LogP contribution in [0.25, 0.3) is 0 Å². The first-order valence-electron chi connectivity index (χ1n) is 5.61. The fourth-order valence-corrected chi connectivity index (χ4v) is 5.46. The molecule has 17 heavy (non-hydrogen) atoms. The monoisotopic (exact) mass is 272 g/mol. The predicted molar refractivity (Wildman–Crippen MR) is 70.0 cm³/mol. The van der Waals surface area contributed by atoms with Crippen molar-refractivity contribution in [1.29, 1.82) is 0 Å². The van der Waals surface area contributed by atoms with E-state index in [0.717, 1.165) is 16.9 Å². The van der Waals surface area contributed by atoms with Crippen LogP contribution in [0.2, 0.25) is 0 Å². The summed E-state index contributed by atoms with van der Waals surface area (Å²) in [6.07, 6.45) is 0.245. The van der Waals surface area contributed by atoms with Crippen LogP contribution >= 0.6 is 11.8 Å². The Labute approximate surface area is 106 Å². The van der Waals surface area contributed by atoms with Gasteiger partial charge in [-0.3, -0.25) is 0 Å².